The van der Waals surface area contributed by atoms with Crippen LogP contribution in [0.25, 0.3) is 11.0 Å². The molecule has 5 nitrogen and oxygen atoms in total. The zero-order valence-corrected chi connectivity index (χ0v) is 16.7. The summed E-state index contributed by atoms with van der Waals surface area (Å²) in [5, 5.41) is 3.74. The lowest BCUT2D eigenvalue weighted by Crippen LogP contribution is -2.38. The molecule has 0 unspecified atom stereocenters. The zero-order valence-electron chi connectivity index (χ0n) is 15.9. The molecule has 2 aromatic heterocycles. The lowest BCUT2D eigenvalue weighted by atomic mass is 10.1. The number of thiophene rings is 1. The molecule has 1 aliphatic heterocycles. The highest BCUT2D eigenvalue weighted by Gasteiger charge is 2.29. The van der Waals surface area contributed by atoms with Crippen LogP contribution in [0, 0.1) is 11.8 Å². The van der Waals surface area contributed by atoms with Crippen molar-refractivity contribution in [2.75, 3.05) is 39.5 Å². The van der Waals surface area contributed by atoms with Crippen LogP contribution in [0.2, 0.25) is 0 Å². The van der Waals surface area contributed by atoms with Gasteiger partial charge in [0.05, 0.1) is 18.8 Å². The summed E-state index contributed by atoms with van der Waals surface area (Å²) in [4.78, 5) is 11.3. The minimum atomic E-state index is -4.37. The van der Waals surface area contributed by atoms with Crippen molar-refractivity contribution in [1.29, 1.82) is 0 Å². The van der Waals surface area contributed by atoms with Crippen molar-refractivity contribution in [3.63, 3.8) is 0 Å². The van der Waals surface area contributed by atoms with E-state index < -0.39 is 11.7 Å². The Morgan fingerprint density at radius 2 is 1.73 bits per heavy atom. The Morgan fingerprint density at radius 1 is 1.03 bits per heavy atom. The summed E-state index contributed by atoms with van der Waals surface area (Å²) in [5.41, 5.74) is 1.54. The summed E-state index contributed by atoms with van der Waals surface area (Å²) in [7, 11) is 0. The van der Waals surface area contributed by atoms with E-state index >= 15 is 0 Å². The topological polar surface area (TPSA) is 47.5 Å². The molecule has 0 aliphatic carbocycles. The Labute approximate surface area is 175 Å². The lowest BCUT2D eigenvalue weighted by Gasteiger charge is -2.26. The van der Waals surface area contributed by atoms with E-state index in [0.29, 0.717) is 42.5 Å². The largest absolute Gasteiger partial charge is 0.474 e. The van der Waals surface area contributed by atoms with E-state index in [1.807, 2.05) is 10.8 Å². The number of rotatable bonds is 4. The molecule has 4 rings (SSSR count). The van der Waals surface area contributed by atoms with E-state index in [1.165, 1.54) is 23.5 Å². The van der Waals surface area contributed by atoms with Crippen molar-refractivity contribution in [3.05, 3.63) is 51.8 Å². The summed E-state index contributed by atoms with van der Waals surface area (Å²) in [6, 6.07) is 4.70. The Kier molecular flexibility index (Phi) is 6.18. The molecule has 0 spiro atoms. The van der Waals surface area contributed by atoms with Crippen LogP contribution in [0.5, 0.6) is 5.88 Å². The van der Waals surface area contributed by atoms with Crippen molar-refractivity contribution >= 4 is 22.4 Å². The van der Waals surface area contributed by atoms with Gasteiger partial charge in [0.2, 0.25) is 5.88 Å². The van der Waals surface area contributed by atoms with Crippen LogP contribution in [0.4, 0.5) is 13.2 Å². The van der Waals surface area contributed by atoms with Crippen LogP contribution < -0.4 is 4.74 Å². The number of alkyl halides is 3. The van der Waals surface area contributed by atoms with Gasteiger partial charge in [0, 0.05) is 36.0 Å². The van der Waals surface area contributed by atoms with Crippen molar-refractivity contribution in [2.24, 2.45) is 0 Å². The van der Waals surface area contributed by atoms with E-state index in [-0.39, 0.29) is 0 Å². The molecule has 0 saturated carbocycles. The Hall–Kier alpha value is -2.67. The van der Waals surface area contributed by atoms with Crippen molar-refractivity contribution in [1.82, 2.24) is 14.9 Å². The number of aromatic nitrogens is 2. The summed E-state index contributed by atoms with van der Waals surface area (Å²) < 4.78 is 49.3. The number of hydrogen-bond donors (Lipinski definition) is 0. The predicted molar refractivity (Wildman–Crippen MR) is 108 cm³/mol. The van der Waals surface area contributed by atoms with Gasteiger partial charge in [0.25, 0.3) is 0 Å². The van der Waals surface area contributed by atoms with Crippen molar-refractivity contribution in [2.45, 2.75) is 6.18 Å². The van der Waals surface area contributed by atoms with Crippen LogP contribution in [0.1, 0.15) is 16.8 Å². The quantitative estimate of drug-likeness (QED) is 0.586. The van der Waals surface area contributed by atoms with Gasteiger partial charge in [-0.1, -0.05) is 5.92 Å². The number of benzene rings is 1. The van der Waals surface area contributed by atoms with Gasteiger partial charge < -0.3 is 9.47 Å². The standard InChI is InChI=1S/C21H18F3N3O2S/c22-21(23,24)16-4-1-15(2-5-16)3-6-17-20(26-19-14-30-13-18(19)25-17)29-12-9-27-7-10-28-11-8-27/h1-2,4-5,13-14H,7-12H2. The lowest BCUT2D eigenvalue weighted by molar-refractivity contribution is -0.137. The van der Waals surface area contributed by atoms with E-state index in [2.05, 4.69) is 26.7 Å². The van der Waals surface area contributed by atoms with E-state index in [4.69, 9.17) is 9.47 Å². The molecular weight excluding hydrogens is 415 g/mol. The van der Waals surface area contributed by atoms with Gasteiger partial charge in [0.15, 0.2) is 5.69 Å². The summed E-state index contributed by atoms with van der Waals surface area (Å²) in [6.07, 6.45) is -4.37. The molecule has 3 heterocycles. The van der Waals surface area contributed by atoms with Crippen LogP contribution in [0.15, 0.2) is 35.0 Å². The Bertz CT molecular complexity index is 1070. The highest BCUT2D eigenvalue weighted by molar-refractivity contribution is 7.09. The second-order valence-corrected chi connectivity index (χ2v) is 7.39. The minimum absolute atomic E-state index is 0.327. The molecule has 1 aromatic carbocycles. The SMILES string of the molecule is FC(F)(F)c1ccc(C#Cc2nc3cscc3nc2OCCN2CCOCC2)cc1. The summed E-state index contributed by atoms with van der Waals surface area (Å²) in [6.45, 7) is 4.31. The number of morpholine rings is 1. The smallest absolute Gasteiger partial charge is 0.416 e. The van der Waals surface area contributed by atoms with Crippen LogP contribution in [-0.4, -0.2) is 54.3 Å². The second-order valence-electron chi connectivity index (χ2n) is 6.65. The van der Waals surface area contributed by atoms with Crippen LogP contribution in [0.3, 0.4) is 0 Å². The van der Waals surface area contributed by atoms with Crippen LogP contribution >= 0.6 is 11.3 Å². The highest BCUT2D eigenvalue weighted by atomic mass is 32.1. The minimum Gasteiger partial charge on any atom is -0.474 e. The third-order valence-corrected chi connectivity index (χ3v) is 5.28. The number of fused-ring (bicyclic) bond motifs is 1. The molecule has 1 saturated heterocycles. The average molecular weight is 433 g/mol. The van der Waals surface area contributed by atoms with Gasteiger partial charge in [-0.15, -0.1) is 11.3 Å². The first-order chi connectivity index (χ1) is 14.5. The van der Waals surface area contributed by atoms with Gasteiger partial charge in [-0.3, -0.25) is 4.90 Å². The average Bonchev–Trinajstić information content (AvgIpc) is 3.20. The fourth-order valence-corrected chi connectivity index (χ4v) is 3.61. The molecule has 0 atom stereocenters. The third-order valence-electron chi connectivity index (χ3n) is 4.57. The van der Waals surface area contributed by atoms with Gasteiger partial charge in [0.1, 0.15) is 17.6 Å². The predicted octanol–water partition coefficient (Wildman–Crippen LogP) is 3.82. The Morgan fingerprint density at radius 3 is 2.43 bits per heavy atom. The Balaban J connectivity index is 1.52. The fourth-order valence-electron chi connectivity index (χ4n) is 2.93. The number of hydrogen-bond acceptors (Lipinski definition) is 6. The number of halogens is 3. The van der Waals surface area contributed by atoms with Crippen molar-refractivity contribution < 1.29 is 22.6 Å². The van der Waals surface area contributed by atoms with E-state index in [1.54, 1.807) is 0 Å². The molecule has 3 aromatic rings. The normalized spacial score (nSPS) is 15.0. The van der Waals surface area contributed by atoms with Gasteiger partial charge in [-0.25, -0.2) is 9.97 Å². The molecule has 9 heteroatoms. The maximum absolute atomic E-state index is 12.7. The van der Waals surface area contributed by atoms with Gasteiger partial charge >= 0.3 is 6.18 Å². The van der Waals surface area contributed by atoms with E-state index in [9.17, 15) is 13.2 Å². The first-order valence-corrected chi connectivity index (χ1v) is 10.3. The first-order valence-electron chi connectivity index (χ1n) is 9.35. The third kappa shape index (κ3) is 5.08. The van der Waals surface area contributed by atoms with Crippen molar-refractivity contribution in [3.8, 4) is 17.7 Å². The van der Waals surface area contributed by atoms with Crippen LogP contribution in [-0.2, 0) is 10.9 Å². The molecule has 1 fully saturated rings. The maximum atomic E-state index is 12.7. The molecule has 1 aliphatic rings. The first kappa shape index (κ1) is 20.6. The fraction of sp³-hybridized carbons (Fsp3) is 0.333. The monoisotopic (exact) mass is 433 g/mol. The summed E-state index contributed by atoms with van der Waals surface area (Å²) in [5.74, 6) is 6.08. The van der Waals surface area contributed by atoms with Gasteiger partial charge in [-0.05, 0) is 30.2 Å². The molecule has 156 valence electrons. The molecular formula is C21H18F3N3O2S. The zero-order chi connectivity index (χ0) is 21.0. The molecule has 0 bridgehead atoms. The second kappa shape index (κ2) is 9.00. The van der Waals surface area contributed by atoms with E-state index in [0.717, 1.165) is 37.3 Å². The summed E-state index contributed by atoms with van der Waals surface area (Å²) >= 11 is 1.48. The van der Waals surface area contributed by atoms with Gasteiger partial charge in [-0.2, -0.15) is 13.2 Å². The molecule has 30 heavy (non-hydrogen) atoms. The molecule has 0 radical (unpaired) electrons. The molecule has 0 N–H and O–H groups in total. The number of nitrogens with zero attached hydrogens (tertiary/aromatic N) is 3. The maximum Gasteiger partial charge on any atom is 0.416 e. The molecule has 0 amide bonds. The highest BCUT2D eigenvalue weighted by Crippen LogP contribution is 2.29. The number of ether oxygens (including phenoxy) is 2.